The first-order chi connectivity index (χ1) is 23.7. The zero-order valence-electron chi connectivity index (χ0n) is 30.4. The molecule has 3 aromatic carbocycles. The second-order valence-corrected chi connectivity index (χ2v) is 21.6. The zero-order chi connectivity index (χ0) is 37.3. The number of benzene rings is 3. The number of alkyl halides is 1. The van der Waals surface area contributed by atoms with Crippen molar-refractivity contribution in [3.63, 3.8) is 0 Å². The number of anilines is 1. The van der Waals surface area contributed by atoms with Gasteiger partial charge in [-0.1, -0.05) is 44.5 Å². The molecule has 3 aliphatic rings. The van der Waals surface area contributed by atoms with Crippen LogP contribution in [-0.2, 0) is 27.6 Å². The van der Waals surface area contributed by atoms with Gasteiger partial charge in [0.1, 0.15) is 40.9 Å². The molecule has 0 fully saturated rings. The molecule has 274 valence electrons. The second kappa shape index (κ2) is 13.1. The summed E-state index contributed by atoms with van der Waals surface area (Å²) < 4.78 is 67.3. The van der Waals surface area contributed by atoms with Gasteiger partial charge < -0.3 is 24.5 Å². The van der Waals surface area contributed by atoms with Crippen LogP contribution in [-0.4, -0.2) is 38.6 Å². The lowest BCUT2D eigenvalue weighted by molar-refractivity contribution is 0.0523. The van der Waals surface area contributed by atoms with E-state index in [2.05, 4.69) is 10.6 Å². The van der Waals surface area contributed by atoms with Gasteiger partial charge in [0, 0.05) is 47.8 Å². The second-order valence-electron chi connectivity index (χ2n) is 16.4. The summed E-state index contributed by atoms with van der Waals surface area (Å²) in [6.45, 7) is 15.8. The predicted octanol–water partition coefficient (Wildman–Crippen LogP) is 10.3. The minimum absolute atomic E-state index is 0.0183. The van der Waals surface area contributed by atoms with E-state index in [-0.39, 0.29) is 56.5 Å². The summed E-state index contributed by atoms with van der Waals surface area (Å²) in [5.41, 5.74) is 0.0797. The molecule has 1 aliphatic carbocycles. The maximum atomic E-state index is 17.1. The van der Waals surface area contributed by atoms with E-state index in [1.807, 2.05) is 39.9 Å². The van der Waals surface area contributed by atoms with Crippen molar-refractivity contribution in [1.82, 2.24) is 5.32 Å². The molecule has 6 rings (SSSR count). The van der Waals surface area contributed by atoms with Crippen molar-refractivity contribution in [2.45, 2.75) is 115 Å². The Balaban J connectivity index is 1.44. The highest BCUT2D eigenvalue weighted by molar-refractivity contribution is 6.74. The number of alkyl carbamates (subject to hydrolysis) is 1. The van der Waals surface area contributed by atoms with Crippen LogP contribution in [0.25, 0.3) is 11.1 Å². The van der Waals surface area contributed by atoms with E-state index >= 15 is 13.2 Å². The third-order valence-corrected chi connectivity index (χ3v) is 15.4. The number of fused-ring (bicyclic) bond motifs is 7. The van der Waals surface area contributed by atoms with Crippen LogP contribution in [0.15, 0.2) is 36.4 Å². The standard InChI is InChI=1S/C39H46ClF3N2O5Si/c1-37(2,3)49-36(47)44-15-10-9-14-39-20-26-29(48-39)19-27(41)32(40)30(26)31-25(35(46)45-22-13-11-12-21(39)16-22)17-24-23(33(31)43)18-28(42)34(24)50-51(7,8)38(4,5)6/h11-13,16-17,19,28,34H,9-10,14-15,18,20H2,1-8H3,(H,44,47)(H,45,46)/t28?,34?,39-/m0/s1. The fourth-order valence-corrected chi connectivity index (χ4v) is 8.51. The molecule has 2 N–H and O–H groups in total. The smallest absolute Gasteiger partial charge is 0.407 e. The molecule has 0 aromatic heterocycles. The van der Waals surface area contributed by atoms with Gasteiger partial charge in [0.15, 0.2) is 8.32 Å². The average Bonchev–Trinajstić information content (AvgIpc) is 3.53. The van der Waals surface area contributed by atoms with Crippen molar-refractivity contribution in [2.75, 3.05) is 11.9 Å². The number of hydrogen-bond acceptors (Lipinski definition) is 5. The quantitative estimate of drug-likeness (QED) is 0.186. The lowest BCUT2D eigenvalue weighted by Crippen LogP contribution is -2.42. The first kappa shape index (κ1) is 37.2. The molecule has 51 heavy (non-hydrogen) atoms. The molecule has 3 atom stereocenters. The Morgan fingerprint density at radius 3 is 2.49 bits per heavy atom. The van der Waals surface area contributed by atoms with Crippen LogP contribution in [0, 0.1) is 11.6 Å². The zero-order valence-corrected chi connectivity index (χ0v) is 32.2. The Morgan fingerprint density at radius 1 is 1.08 bits per heavy atom. The van der Waals surface area contributed by atoms with Gasteiger partial charge in [-0.05, 0) is 93.1 Å². The van der Waals surface area contributed by atoms with Crippen molar-refractivity contribution in [3.05, 3.63) is 80.9 Å². The molecule has 2 amide bonds. The largest absolute Gasteiger partial charge is 0.482 e. The van der Waals surface area contributed by atoms with E-state index in [9.17, 15) is 9.59 Å². The van der Waals surface area contributed by atoms with Crippen LogP contribution < -0.4 is 15.4 Å². The summed E-state index contributed by atoms with van der Waals surface area (Å²) in [4.78, 5) is 26.4. The number of rotatable bonds is 7. The van der Waals surface area contributed by atoms with Crippen molar-refractivity contribution in [3.8, 4) is 16.9 Å². The number of nitrogens with one attached hydrogen (secondary N) is 2. The van der Waals surface area contributed by atoms with Crippen molar-refractivity contribution in [2.24, 2.45) is 0 Å². The van der Waals surface area contributed by atoms with E-state index in [4.69, 9.17) is 25.5 Å². The fraction of sp³-hybridized carbons (Fsp3) is 0.487. The fourth-order valence-electron chi connectivity index (χ4n) is 6.99. The Bertz CT molecular complexity index is 1910. The van der Waals surface area contributed by atoms with Crippen LogP contribution in [0.1, 0.15) is 99.5 Å². The number of carbonyl (C=O) groups is 2. The molecule has 0 radical (unpaired) electrons. The number of hydrogen-bond donors (Lipinski definition) is 2. The van der Waals surface area contributed by atoms with Crippen LogP contribution in [0.2, 0.25) is 23.2 Å². The van der Waals surface area contributed by atoms with E-state index < -0.39 is 55.4 Å². The lowest BCUT2D eigenvalue weighted by Gasteiger charge is -2.39. The minimum atomic E-state index is -2.52. The summed E-state index contributed by atoms with van der Waals surface area (Å²) in [5.74, 6) is -2.11. The third-order valence-electron chi connectivity index (χ3n) is 10.5. The molecule has 12 heteroatoms. The van der Waals surface area contributed by atoms with E-state index in [1.165, 1.54) is 12.1 Å². The molecule has 2 unspecified atom stereocenters. The van der Waals surface area contributed by atoms with Crippen molar-refractivity contribution >= 4 is 37.6 Å². The van der Waals surface area contributed by atoms with Gasteiger partial charge in [-0.25, -0.2) is 18.0 Å². The monoisotopic (exact) mass is 742 g/mol. The Kier molecular flexibility index (Phi) is 9.59. The first-order valence-electron chi connectivity index (χ1n) is 17.5. The van der Waals surface area contributed by atoms with E-state index in [0.717, 1.165) is 5.56 Å². The Hall–Kier alpha value is -3.54. The molecule has 2 aliphatic heterocycles. The number of carbonyl (C=O) groups excluding carboxylic acids is 2. The van der Waals surface area contributed by atoms with Crippen LogP contribution in [0.3, 0.4) is 0 Å². The van der Waals surface area contributed by atoms with E-state index in [1.54, 1.807) is 39.0 Å². The molecule has 0 spiro atoms. The highest BCUT2D eigenvalue weighted by atomic mass is 35.5. The molecule has 7 nitrogen and oxygen atoms in total. The summed E-state index contributed by atoms with van der Waals surface area (Å²) in [5, 5.41) is 5.07. The van der Waals surface area contributed by atoms with Crippen molar-refractivity contribution in [1.29, 1.82) is 0 Å². The summed E-state index contributed by atoms with van der Waals surface area (Å²) in [6.07, 6.45) is -1.55. The maximum absolute atomic E-state index is 17.1. The van der Waals surface area contributed by atoms with Crippen LogP contribution in [0.4, 0.5) is 23.7 Å². The Morgan fingerprint density at radius 2 is 1.80 bits per heavy atom. The summed E-state index contributed by atoms with van der Waals surface area (Å²) in [6, 6.07) is 9.89. The molecular formula is C39H46ClF3N2O5Si. The first-order valence-corrected chi connectivity index (χ1v) is 20.8. The maximum Gasteiger partial charge on any atom is 0.407 e. The number of amides is 2. The number of unbranched alkanes of at least 4 members (excludes halogenated alkanes) is 1. The predicted molar refractivity (Wildman–Crippen MR) is 195 cm³/mol. The Labute approximate surface area is 303 Å². The van der Waals surface area contributed by atoms with Crippen LogP contribution >= 0.6 is 11.6 Å². The SMILES string of the molecule is CC(C)(C)OC(=O)NCCCC[C@]12Cc3c(cc(F)c(Cl)c3-c3c(cc4c(c3F)CC(F)C4O[Si](C)(C)C(C)(C)C)C(=O)Nc3cccc1c3)O2. The highest BCUT2D eigenvalue weighted by Crippen LogP contribution is 2.54. The topological polar surface area (TPSA) is 85.9 Å². The van der Waals surface area contributed by atoms with Gasteiger partial charge in [0.2, 0.25) is 0 Å². The van der Waals surface area contributed by atoms with Gasteiger partial charge in [0.25, 0.3) is 5.91 Å². The van der Waals surface area contributed by atoms with E-state index in [0.29, 0.717) is 37.1 Å². The van der Waals surface area contributed by atoms with Gasteiger partial charge in [-0.15, -0.1) is 0 Å². The highest BCUT2D eigenvalue weighted by Gasteiger charge is 2.48. The number of halogens is 4. The van der Waals surface area contributed by atoms with Gasteiger partial charge in [-0.3, -0.25) is 4.79 Å². The molecule has 3 aromatic rings. The summed E-state index contributed by atoms with van der Waals surface area (Å²) >= 11 is 6.72. The van der Waals surface area contributed by atoms with Gasteiger partial charge in [0.05, 0.1) is 10.6 Å². The molecular weight excluding hydrogens is 697 g/mol. The normalized spacial score (nSPS) is 20.9. The third kappa shape index (κ3) is 7.01. The minimum Gasteiger partial charge on any atom is -0.482 e. The van der Waals surface area contributed by atoms with Crippen molar-refractivity contribution < 1.29 is 36.7 Å². The molecule has 2 heterocycles. The lowest BCUT2D eigenvalue weighted by atomic mass is 9.82. The number of ether oxygens (including phenoxy) is 2. The average molecular weight is 743 g/mol. The molecule has 0 saturated heterocycles. The summed E-state index contributed by atoms with van der Waals surface area (Å²) in [7, 11) is -2.52. The van der Waals surface area contributed by atoms with Gasteiger partial charge in [-0.2, -0.15) is 0 Å². The van der Waals surface area contributed by atoms with Crippen LogP contribution in [0.5, 0.6) is 5.75 Å². The van der Waals surface area contributed by atoms with Gasteiger partial charge >= 0.3 is 6.09 Å². The molecule has 0 saturated carbocycles. The molecule has 4 bridgehead atoms.